The predicted octanol–water partition coefficient (Wildman–Crippen LogP) is 4.23. The largest absolute Gasteiger partial charge is 0.492 e. The average molecular weight is 427 g/mol. The van der Waals surface area contributed by atoms with E-state index in [-0.39, 0.29) is 0 Å². The maximum absolute atomic E-state index is 9.56. The molecule has 6 heteroatoms. The van der Waals surface area contributed by atoms with E-state index in [0.717, 1.165) is 43.4 Å². The molecule has 1 aliphatic heterocycles. The number of hydrogen-bond acceptors (Lipinski definition) is 6. The number of ether oxygens (including phenoxy) is 2. The molecule has 1 saturated carbocycles. The Morgan fingerprint density at radius 2 is 1.88 bits per heavy atom. The van der Waals surface area contributed by atoms with E-state index in [2.05, 4.69) is 40.2 Å². The zero-order valence-corrected chi connectivity index (χ0v) is 18.0. The van der Waals surface area contributed by atoms with Crippen LogP contribution in [0.2, 0.25) is 0 Å². The topological polar surface area (TPSA) is 71.3 Å². The van der Waals surface area contributed by atoms with Gasteiger partial charge in [-0.1, -0.05) is 12.1 Å². The summed E-state index contributed by atoms with van der Waals surface area (Å²) >= 11 is 0. The Labute approximate surface area is 188 Å². The summed E-state index contributed by atoms with van der Waals surface area (Å²) in [6, 6.07) is 18.4. The lowest BCUT2D eigenvalue weighted by atomic mass is 10.1. The molecule has 0 unspecified atom stereocenters. The first-order valence-corrected chi connectivity index (χ1v) is 11.2. The normalized spacial score (nSPS) is 15.9. The van der Waals surface area contributed by atoms with E-state index in [1.807, 2.05) is 24.3 Å². The Morgan fingerprint density at radius 1 is 1.06 bits per heavy atom. The Morgan fingerprint density at radius 3 is 2.62 bits per heavy atom. The van der Waals surface area contributed by atoms with Crippen molar-refractivity contribution in [2.75, 3.05) is 37.8 Å². The summed E-state index contributed by atoms with van der Waals surface area (Å²) < 4.78 is 11.3. The van der Waals surface area contributed by atoms with E-state index in [1.165, 1.54) is 24.1 Å². The molecule has 2 fully saturated rings. The SMILES string of the molecule is N#Cc1cc(-c2ccnc(Cc3ccc(N4CCOCC4)cc3)n2)ccc1OCC1CC1. The van der Waals surface area contributed by atoms with E-state index in [0.29, 0.717) is 30.3 Å². The smallest absolute Gasteiger partial charge is 0.137 e. The van der Waals surface area contributed by atoms with Crippen molar-refractivity contribution in [2.45, 2.75) is 19.3 Å². The van der Waals surface area contributed by atoms with Gasteiger partial charge in [0, 0.05) is 37.0 Å². The minimum Gasteiger partial charge on any atom is -0.492 e. The molecule has 2 heterocycles. The highest BCUT2D eigenvalue weighted by atomic mass is 16.5. The lowest BCUT2D eigenvalue weighted by Crippen LogP contribution is -2.36. The van der Waals surface area contributed by atoms with Crippen molar-refractivity contribution in [3.8, 4) is 23.1 Å². The summed E-state index contributed by atoms with van der Waals surface area (Å²) in [6.45, 7) is 4.11. The van der Waals surface area contributed by atoms with Gasteiger partial charge in [-0.25, -0.2) is 9.97 Å². The van der Waals surface area contributed by atoms with Gasteiger partial charge in [-0.3, -0.25) is 0 Å². The van der Waals surface area contributed by atoms with Crippen LogP contribution in [0.1, 0.15) is 29.8 Å². The van der Waals surface area contributed by atoms with Gasteiger partial charge >= 0.3 is 0 Å². The lowest BCUT2D eigenvalue weighted by molar-refractivity contribution is 0.122. The monoisotopic (exact) mass is 426 g/mol. The lowest BCUT2D eigenvalue weighted by Gasteiger charge is -2.28. The predicted molar refractivity (Wildman–Crippen MR) is 123 cm³/mol. The summed E-state index contributed by atoms with van der Waals surface area (Å²) in [5.74, 6) is 2.06. The van der Waals surface area contributed by atoms with Gasteiger partial charge in [-0.15, -0.1) is 0 Å². The van der Waals surface area contributed by atoms with Crippen molar-refractivity contribution in [3.05, 3.63) is 71.7 Å². The molecule has 32 heavy (non-hydrogen) atoms. The van der Waals surface area contributed by atoms with Gasteiger partial charge in [0.15, 0.2) is 0 Å². The molecule has 0 bridgehead atoms. The zero-order chi connectivity index (χ0) is 21.8. The third kappa shape index (κ3) is 4.90. The molecule has 0 spiro atoms. The maximum Gasteiger partial charge on any atom is 0.137 e. The van der Waals surface area contributed by atoms with Crippen LogP contribution in [0.4, 0.5) is 5.69 Å². The standard InChI is InChI=1S/C26H26N4O2/c27-17-22-16-21(5-8-25(22)32-18-20-1-2-20)24-9-10-28-26(29-24)15-19-3-6-23(7-4-19)30-11-13-31-14-12-30/h3-10,16,20H,1-2,11-15,18H2. The maximum atomic E-state index is 9.56. The van der Waals surface area contributed by atoms with Crippen LogP contribution in [0.15, 0.2) is 54.7 Å². The van der Waals surface area contributed by atoms with E-state index in [9.17, 15) is 5.26 Å². The highest BCUT2D eigenvalue weighted by molar-refractivity contribution is 5.64. The second-order valence-corrected chi connectivity index (χ2v) is 8.38. The van der Waals surface area contributed by atoms with E-state index >= 15 is 0 Å². The Kier molecular flexibility index (Phi) is 6.00. The van der Waals surface area contributed by atoms with Crippen LogP contribution in [0.5, 0.6) is 5.75 Å². The average Bonchev–Trinajstić information content (AvgIpc) is 3.68. The molecule has 5 rings (SSSR count). The molecule has 2 aliphatic rings. The summed E-state index contributed by atoms with van der Waals surface area (Å²) in [7, 11) is 0. The van der Waals surface area contributed by atoms with Crippen molar-refractivity contribution < 1.29 is 9.47 Å². The molecule has 6 nitrogen and oxygen atoms in total. The summed E-state index contributed by atoms with van der Waals surface area (Å²) in [5.41, 5.74) is 4.64. The number of nitriles is 1. The molecular weight excluding hydrogens is 400 g/mol. The third-order valence-corrected chi connectivity index (χ3v) is 5.95. The molecule has 0 atom stereocenters. The number of nitrogens with zero attached hydrogens (tertiary/aromatic N) is 4. The van der Waals surface area contributed by atoms with Crippen LogP contribution < -0.4 is 9.64 Å². The van der Waals surface area contributed by atoms with Crippen LogP contribution >= 0.6 is 0 Å². The number of hydrogen-bond donors (Lipinski definition) is 0. The van der Waals surface area contributed by atoms with Gasteiger partial charge in [0.2, 0.25) is 0 Å². The molecule has 0 N–H and O–H groups in total. The van der Waals surface area contributed by atoms with Crippen molar-refractivity contribution in [2.24, 2.45) is 5.92 Å². The van der Waals surface area contributed by atoms with E-state index < -0.39 is 0 Å². The molecule has 0 amide bonds. The van der Waals surface area contributed by atoms with Crippen LogP contribution in [0.25, 0.3) is 11.3 Å². The van der Waals surface area contributed by atoms with Gasteiger partial charge < -0.3 is 14.4 Å². The second kappa shape index (κ2) is 9.37. The minimum absolute atomic E-state index is 0.544. The van der Waals surface area contributed by atoms with Gasteiger partial charge in [0.1, 0.15) is 17.6 Å². The third-order valence-electron chi connectivity index (χ3n) is 5.95. The summed E-state index contributed by atoms with van der Waals surface area (Å²) in [5, 5.41) is 9.56. The van der Waals surface area contributed by atoms with Crippen molar-refractivity contribution in [1.82, 2.24) is 9.97 Å². The van der Waals surface area contributed by atoms with Gasteiger partial charge in [-0.05, 0) is 60.7 Å². The van der Waals surface area contributed by atoms with Crippen LogP contribution in [-0.2, 0) is 11.2 Å². The van der Waals surface area contributed by atoms with Crippen molar-refractivity contribution in [3.63, 3.8) is 0 Å². The van der Waals surface area contributed by atoms with Gasteiger partial charge in [-0.2, -0.15) is 5.26 Å². The van der Waals surface area contributed by atoms with Crippen LogP contribution in [0, 0.1) is 17.2 Å². The number of benzene rings is 2. The van der Waals surface area contributed by atoms with Crippen LogP contribution in [0.3, 0.4) is 0 Å². The molecule has 0 radical (unpaired) electrons. The second-order valence-electron chi connectivity index (χ2n) is 8.38. The fourth-order valence-electron chi connectivity index (χ4n) is 3.87. The fraction of sp³-hybridized carbons (Fsp3) is 0.346. The Hall–Kier alpha value is -3.43. The molecular formula is C26H26N4O2. The summed E-state index contributed by atoms with van der Waals surface area (Å²) in [6.07, 6.45) is 4.88. The number of morpholine rings is 1. The van der Waals surface area contributed by atoms with Crippen molar-refractivity contribution in [1.29, 1.82) is 5.26 Å². The number of anilines is 1. The minimum atomic E-state index is 0.544. The highest BCUT2D eigenvalue weighted by Gasteiger charge is 2.22. The fourth-order valence-corrected chi connectivity index (χ4v) is 3.87. The molecule has 162 valence electrons. The van der Waals surface area contributed by atoms with E-state index in [4.69, 9.17) is 14.5 Å². The van der Waals surface area contributed by atoms with Crippen LogP contribution in [-0.4, -0.2) is 42.9 Å². The number of rotatable bonds is 7. The Bertz CT molecular complexity index is 1110. The summed E-state index contributed by atoms with van der Waals surface area (Å²) in [4.78, 5) is 11.6. The van der Waals surface area contributed by atoms with Gasteiger partial charge in [0.05, 0.1) is 31.1 Å². The first-order valence-electron chi connectivity index (χ1n) is 11.2. The quantitative estimate of drug-likeness (QED) is 0.563. The van der Waals surface area contributed by atoms with Crippen molar-refractivity contribution >= 4 is 5.69 Å². The molecule has 1 saturated heterocycles. The molecule has 1 aliphatic carbocycles. The molecule has 3 aromatic rings. The number of aromatic nitrogens is 2. The van der Waals surface area contributed by atoms with Gasteiger partial charge in [0.25, 0.3) is 0 Å². The van der Waals surface area contributed by atoms with E-state index in [1.54, 1.807) is 6.20 Å². The first kappa shape index (κ1) is 20.5. The Balaban J connectivity index is 1.29. The molecule has 1 aromatic heterocycles. The highest BCUT2D eigenvalue weighted by Crippen LogP contribution is 2.31. The molecule has 2 aromatic carbocycles. The first-order chi connectivity index (χ1) is 15.8. The zero-order valence-electron chi connectivity index (χ0n) is 18.0.